The van der Waals surface area contributed by atoms with Crippen molar-refractivity contribution in [2.75, 3.05) is 13.2 Å². The normalized spacial score (nSPS) is 14.1. The Kier molecular flexibility index (Phi) is 2.56. The molecule has 0 saturated carbocycles. The largest absolute Gasteiger partial charge is 0.486 e. The van der Waals surface area contributed by atoms with Gasteiger partial charge in [-0.3, -0.25) is 0 Å². The molecule has 0 spiro atoms. The van der Waals surface area contributed by atoms with Crippen molar-refractivity contribution in [3.63, 3.8) is 0 Å². The van der Waals surface area contributed by atoms with Gasteiger partial charge in [-0.15, -0.1) is 0 Å². The average Bonchev–Trinajstić information content (AvgIpc) is 2.18. The summed E-state index contributed by atoms with van der Waals surface area (Å²) in [7, 11) is 0. The van der Waals surface area contributed by atoms with Gasteiger partial charge in [0, 0.05) is 6.54 Å². The number of aryl methyl sites for hydroxylation is 1. The SMILES string of the molecule is Cc1cc(CNO)cc2c1OCCO2. The molecule has 1 aliphatic heterocycles. The molecule has 1 aromatic rings. The quantitative estimate of drug-likeness (QED) is 0.697. The van der Waals surface area contributed by atoms with Crippen LogP contribution in [0.15, 0.2) is 12.1 Å². The van der Waals surface area contributed by atoms with Gasteiger partial charge >= 0.3 is 0 Å². The minimum atomic E-state index is 0.414. The molecule has 2 rings (SSSR count). The van der Waals surface area contributed by atoms with Crippen molar-refractivity contribution in [1.82, 2.24) is 5.48 Å². The van der Waals surface area contributed by atoms with Gasteiger partial charge in [-0.05, 0) is 24.1 Å². The Labute approximate surface area is 82.4 Å². The molecule has 2 N–H and O–H groups in total. The first-order valence-electron chi connectivity index (χ1n) is 4.57. The molecule has 1 aliphatic rings. The average molecular weight is 195 g/mol. The van der Waals surface area contributed by atoms with Gasteiger partial charge < -0.3 is 14.7 Å². The number of fused-ring (bicyclic) bond motifs is 1. The van der Waals surface area contributed by atoms with Crippen LogP contribution in [0.1, 0.15) is 11.1 Å². The lowest BCUT2D eigenvalue weighted by Gasteiger charge is -2.21. The van der Waals surface area contributed by atoms with Crippen molar-refractivity contribution < 1.29 is 14.7 Å². The highest BCUT2D eigenvalue weighted by Gasteiger charge is 2.14. The molecule has 0 fully saturated rings. The summed E-state index contributed by atoms with van der Waals surface area (Å²) in [4.78, 5) is 0. The van der Waals surface area contributed by atoms with Gasteiger partial charge in [0.05, 0.1) is 0 Å². The Morgan fingerprint density at radius 2 is 2.14 bits per heavy atom. The van der Waals surface area contributed by atoms with Gasteiger partial charge in [0.15, 0.2) is 11.5 Å². The summed E-state index contributed by atoms with van der Waals surface area (Å²) in [6.45, 7) is 3.57. The third-order valence-corrected chi connectivity index (χ3v) is 2.17. The molecule has 0 aromatic heterocycles. The van der Waals surface area contributed by atoms with Gasteiger partial charge in [-0.2, -0.15) is 0 Å². The Morgan fingerprint density at radius 1 is 1.36 bits per heavy atom. The summed E-state index contributed by atoms with van der Waals surface area (Å²) in [5.41, 5.74) is 4.14. The molecule has 0 atom stereocenters. The Balaban J connectivity index is 2.36. The summed E-state index contributed by atoms with van der Waals surface area (Å²) < 4.78 is 10.9. The molecule has 4 heteroatoms. The predicted molar refractivity (Wildman–Crippen MR) is 50.8 cm³/mol. The molecular formula is C10H13NO3. The zero-order chi connectivity index (χ0) is 9.97. The monoisotopic (exact) mass is 195 g/mol. The highest BCUT2D eigenvalue weighted by molar-refractivity contribution is 5.49. The first kappa shape index (κ1) is 9.30. The van der Waals surface area contributed by atoms with Crippen LogP contribution in [0.25, 0.3) is 0 Å². The van der Waals surface area contributed by atoms with E-state index >= 15 is 0 Å². The minimum Gasteiger partial charge on any atom is -0.486 e. The molecule has 76 valence electrons. The molecule has 4 nitrogen and oxygen atoms in total. The van der Waals surface area contributed by atoms with E-state index in [1.54, 1.807) is 0 Å². The van der Waals surface area contributed by atoms with Gasteiger partial charge in [-0.1, -0.05) is 6.07 Å². The van der Waals surface area contributed by atoms with Gasteiger partial charge in [0.2, 0.25) is 0 Å². The number of hydrogen-bond donors (Lipinski definition) is 2. The van der Waals surface area contributed by atoms with Gasteiger partial charge in [0.25, 0.3) is 0 Å². The van der Waals surface area contributed by atoms with Crippen LogP contribution in [0.2, 0.25) is 0 Å². The van der Waals surface area contributed by atoms with Crippen molar-refractivity contribution in [3.8, 4) is 11.5 Å². The maximum atomic E-state index is 8.59. The number of hydrogen-bond acceptors (Lipinski definition) is 4. The molecule has 0 bridgehead atoms. The van der Waals surface area contributed by atoms with Crippen LogP contribution in [0.3, 0.4) is 0 Å². The summed E-state index contributed by atoms with van der Waals surface area (Å²) >= 11 is 0. The lowest BCUT2D eigenvalue weighted by atomic mass is 10.1. The molecule has 0 unspecified atom stereocenters. The number of hydroxylamine groups is 1. The second-order valence-corrected chi connectivity index (χ2v) is 3.27. The lowest BCUT2D eigenvalue weighted by Crippen LogP contribution is -2.17. The van der Waals surface area contributed by atoms with Crippen LogP contribution in [0, 0.1) is 6.92 Å². The fourth-order valence-electron chi connectivity index (χ4n) is 1.59. The molecule has 1 heterocycles. The van der Waals surface area contributed by atoms with E-state index in [0.29, 0.717) is 19.8 Å². The summed E-state index contributed by atoms with van der Waals surface area (Å²) in [6, 6.07) is 3.85. The van der Waals surface area contributed by atoms with Crippen molar-refractivity contribution in [1.29, 1.82) is 0 Å². The first-order chi connectivity index (χ1) is 6.81. The number of ether oxygens (including phenoxy) is 2. The van der Waals surface area contributed by atoms with E-state index in [2.05, 4.69) is 5.48 Å². The molecule has 0 saturated heterocycles. The fourth-order valence-corrected chi connectivity index (χ4v) is 1.59. The third kappa shape index (κ3) is 1.66. The van der Waals surface area contributed by atoms with Crippen LogP contribution in [-0.2, 0) is 6.54 Å². The van der Waals surface area contributed by atoms with E-state index in [1.807, 2.05) is 19.1 Å². The van der Waals surface area contributed by atoms with Crippen LogP contribution < -0.4 is 15.0 Å². The molecule has 0 aliphatic carbocycles. The Morgan fingerprint density at radius 3 is 2.93 bits per heavy atom. The molecule has 0 radical (unpaired) electrons. The highest BCUT2D eigenvalue weighted by Crippen LogP contribution is 2.34. The van der Waals surface area contributed by atoms with E-state index in [4.69, 9.17) is 14.7 Å². The van der Waals surface area contributed by atoms with Crippen molar-refractivity contribution in [3.05, 3.63) is 23.3 Å². The lowest BCUT2D eigenvalue weighted by molar-refractivity contribution is 0.159. The maximum Gasteiger partial charge on any atom is 0.164 e. The Bertz CT molecular complexity index is 338. The molecule has 1 aromatic carbocycles. The molecule has 14 heavy (non-hydrogen) atoms. The first-order valence-corrected chi connectivity index (χ1v) is 4.57. The van der Waals surface area contributed by atoms with Gasteiger partial charge in [0.1, 0.15) is 13.2 Å². The van der Waals surface area contributed by atoms with Crippen molar-refractivity contribution in [2.45, 2.75) is 13.5 Å². The van der Waals surface area contributed by atoms with Crippen molar-refractivity contribution in [2.24, 2.45) is 0 Å². The Hall–Kier alpha value is -1.26. The highest BCUT2D eigenvalue weighted by atomic mass is 16.6. The second kappa shape index (κ2) is 3.86. The van der Waals surface area contributed by atoms with Crippen LogP contribution in [0.4, 0.5) is 0 Å². The van der Waals surface area contributed by atoms with Crippen LogP contribution >= 0.6 is 0 Å². The zero-order valence-electron chi connectivity index (χ0n) is 8.04. The molecular weight excluding hydrogens is 182 g/mol. The number of benzene rings is 1. The van der Waals surface area contributed by atoms with Crippen LogP contribution in [-0.4, -0.2) is 18.4 Å². The minimum absolute atomic E-state index is 0.414. The third-order valence-electron chi connectivity index (χ3n) is 2.17. The number of nitrogens with one attached hydrogen (secondary N) is 1. The summed E-state index contributed by atoms with van der Waals surface area (Å²) in [6.07, 6.45) is 0. The van der Waals surface area contributed by atoms with E-state index in [1.165, 1.54) is 0 Å². The number of rotatable bonds is 2. The zero-order valence-corrected chi connectivity index (χ0v) is 8.04. The predicted octanol–water partition coefficient (Wildman–Crippen LogP) is 1.25. The standard InChI is InChI=1S/C10H13NO3/c1-7-4-8(6-11-12)5-9-10(7)14-3-2-13-9/h4-5,11-12H,2-3,6H2,1H3. The van der Waals surface area contributed by atoms with Crippen LogP contribution in [0.5, 0.6) is 11.5 Å². The van der Waals surface area contributed by atoms with E-state index < -0.39 is 0 Å². The van der Waals surface area contributed by atoms with Crippen molar-refractivity contribution >= 4 is 0 Å². The van der Waals surface area contributed by atoms with E-state index in [-0.39, 0.29) is 0 Å². The maximum absolute atomic E-state index is 8.59. The smallest absolute Gasteiger partial charge is 0.164 e. The topological polar surface area (TPSA) is 50.7 Å². The van der Waals surface area contributed by atoms with E-state index in [0.717, 1.165) is 22.6 Å². The fraction of sp³-hybridized carbons (Fsp3) is 0.400. The van der Waals surface area contributed by atoms with Gasteiger partial charge in [-0.25, -0.2) is 5.48 Å². The second-order valence-electron chi connectivity index (χ2n) is 3.27. The summed E-state index contributed by atoms with van der Waals surface area (Å²) in [5.74, 6) is 1.58. The molecule has 0 amide bonds. The summed E-state index contributed by atoms with van der Waals surface area (Å²) in [5, 5.41) is 8.59. The van der Waals surface area contributed by atoms with E-state index in [9.17, 15) is 0 Å².